The molecule has 2 aromatic carbocycles. The lowest BCUT2D eigenvalue weighted by Gasteiger charge is -2.13. The molecule has 1 aromatic heterocycles. The SMILES string of the molecule is CCOC(=O)/C(=C/c1oc2ccc(Cl)c3c2c1CN(C)CC3)c1ccccc1.Cl. The molecule has 0 amide bonds. The highest BCUT2D eigenvalue weighted by Gasteiger charge is 2.24. The van der Waals surface area contributed by atoms with Crippen molar-refractivity contribution in [1.82, 2.24) is 4.90 Å². The number of rotatable bonds is 4. The Bertz CT molecular complexity index is 1060. The van der Waals surface area contributed by atoms with Crippen LogP contribution in [0, 0.1) is 0 Å². The van der Waals surface area contributed by atoms with Crippen LogP contribution in [0.1, 0.15) is 29.4 Å². The number of carbonyl (C=O) groups is 1. The molecule has 0 aliphatic carbocycles. The first-order chi connectivity index (χ1) is 13.6. The lowest BCUT2D eigenvalue weighted by molar-refractivity contribution is -0.136. The van der Waals surface area contributed by atoms with E-state index in [0.29, 0.717) is 17.9 Å². The summed E-state index contributed by atoms with van der Waals surface area (Å²) in [4.78, 5) is 14.9. The number of hydrogen-bond acceptors (Lipinski definition) is 4. The van der Waals surface area contributed by atoms with Crippen LogP contribution in [-0.2, 0) is 22.5 Å². The first-order valence-electron chi connectivity index (χ1n) is 9.44. The number of carbonyl (C=O) groups excluding carboxylic acids is 1. The topological polar surface area (TPSA) is 42.7 Å². The Morgan fingerprint density at radius 2 is 1.97 bits per heavy atom. The summed E-state index contributed by atoms with van der Waals surface area (Å²) in [6, 6.07) is 13.3. The summed E-state index contributed by atoms with van der Waals surface area (Å²) < 4.78 is 11.5. The summed E-state index contributed by atoms with van der Waals surface area (Å²) in [5.41, 5.74) is 4.25. The molecule has 1 aliphatic rings. The van der Waals surface area contributed by atoms with Crippen LogP contribution in [-0.4, -0.2) is 31.1 Å². The van der Waals surface area contributed by atoms with Crippen molar-refractivity contribution >= 4 is 52.6 Å². The van der Waals surface area contributed by atoms with Gasteiger partial charge in [-0.2, -0.15) is 0 Å². The zero-order chi connectivity index (χ0) is 19.7. The third-order valence-electron chi connectivity index (χ3n) is 5.06. The predicted octanol–water partition coefficient (Wildman–Crippen LogP) is 5.60. The molecular formula is C23H23Cl2NO3. The predicted molar refractivity (Wildman–Crippen MR) is 119 cm³/mol. The van der Waals surface area contributed by atoms with Gasteiger partial charge < -0.3 is 14.1 Å². The van der Waals surface area contributed by atoms with Crippen molar-refractivity contribution < 1.29 is 13.9 Å². The molecule has 4 nitrogen and oxygen atoms in total. The fourth-order valence-corrected chi connectivity index (χ4v) is 3.96. The van der Waals surface area contributed by atoms with E-state index in [1.165, 1.54) is 0 Å². The van der Waals surface area contributed by atoms with Gasteiger partial charge in [-0.3, -0.25) is 0 Å². The van der Waals surface area contributed by atoms with Crippen molar-refractivity contribution in [3.63, 3.8) is 0 Å². The Morgan fingerprint density at radius 1 is 1.21 bits per heavy atom. The molecule has 0 N–H and O–H groups in total. The molecule has 0 saturated heterocycles. The third-order valence-corrected chi connectivity index (χ3v) is 5.42. The van der Waals surface area contributed by atoms with E-state index in [1.807, 2.05) is 42.5 Å². The molecule has 6 heteroatoms. The van der Waals surface area contributed by atoms with Gasteiger partial charge in [0.05, 0.1) is 12.2 Å². The largest absolute Gasteiger partial charge is 0.462 e. The lowest BCUT2D eigenvalue weighted by Crippen LogP contribution is -2.18. The van der Waals surface area contributed by atoms with E-state index in [4.69, 9.17) is 20.8 Å². The third kappa shape index (κ3) is 4.20. The number of nitrogens with zero attached hydrogens (tertiary/aromatic N) is 1. The van der Waals surface area contributed by atoms with Crippen LogP contribution in [0.4, 0.5) is 0 Å². The normalized spacial score (nSPS) is 14.4. The van der Waals surface area contributed by atoms with Gasteiger partial charge in [0.25, 0.3) is 0 Å². The van der Waals surface area contributed by atoms with Crippen molar-refractivity contribution in [1.29, 1.82) is 0 Å². The fourth-order valence-electron chi connectivity index (χ4n) is 3.71. The van der Waals surface area contributed by atoms with Crippen molar-refractivity contribution in [3.05, 3.63) is 69.9 Å². The number of ether oxygens (including phenoxy) is 1. The zero-order valence-electron chi connectivity index (χ0n) is 16.4. The average molecular weight is 432 g/mol. The molecule has 0 spiro atoms. The number of furan rings is 1. The van der Waals surface area contributed by atoms with Gasteiger partial charge in [0.2, 0.25) is 0 Å². The van der Waals surface area contributed by atoms with E-state index in [0.717, 1.165) is 52.2 Å². The van der Waals surface area contributed by atoms with Crippen LogP contribution in [0.5, 0.6) is 0 Å². The Labute approximate surface area is 181 Å². The number of likely N-dealkylation sites (N-methyl/N-ethyl adjacent to an activating group) is 1. The minimum atomic E-state index is -0.360. The van der Waals surface area contributed by atoms with E-state index >= 15 is 0 Å². The molecule has 29 heavy (non-hydrogen) atoms. The van der Waals surface area contributed by atoms with Gasteiger partial charge in [-0.1, -0.05) is 41.9 Å². The van der Waals surface area contributed by atoms with Gasteiger partial charge in [-0.05, 0) is 49.7 Å². The summed E-state index contributed by atoms with van der Waals surface area (Å²) in [5, 5.41) is 1.83. The number of halogens is 2. The van der Waals surface area contributed by atoms with E-state index in [1.54, 1.807) is 13.0 Å². The average Bonchev–Trinajstić information content (AvgIpc) is 2.92. The fraction of sp³-hybridized carbons (Fsp3) is 0.261. The minimum Gasteiger partial charge on any atom is -0.462 e. The molecule has 1 aliphatic heterocycles. The van der Waals surface area contributed by atoms with E-state index in [9.17, 15) is 4.79 Å². The van der Waals surface area contributed by atoms with Crippen molar-refractivity contribution in [3.8, 4) is 0 Å². The van der Waals surface area contributed by atoms with E-state index < -0.39 is 0 Å². The second kappa shape index (κ2) is 9.04. The minimum absolute atomic E-state index is 0. The summed E-state index contributed by atoms with van der Waals surface area (Å²) in [6.45, 7) is 3.77. The van der Waals surface area contributed by atoms with Gasteiger partial charge in [-0.25, -0.2) is 4.79 Å². The Morgan fingerprint density at radius 3 is 2.69 bits per heavy atom. The molecule has 0 fully saturated rings. The Hall–Kier alpha value is -2.27. The second-order valence-corrected chi connectivity index (χ2v) is 7.38. The molecule has 2 heterocycles. The van der Waals surface area contributed by atoms with Gasteiger partial charge in [-0.15, -0.1) is 12.4 Å². The monoisotopic (exact) mass is 431 g/mol. The first kappa shape index (κ1) is 21.4. The van der Waals surface area contributed by atoms with Gasteiger partial charge in [0, 0.05) is 29.1 Å². The highest BCUT2D eigenvalue weighted by atomic mass is 35.5. The van der Waals surface area contributed by atoms with Gasteiger partial charge in [0.15, 0.2) is 0 Å². The molecule has 0 atom stereocenters. The van der Waals surface area contributed by atoms with Crippen molar-refractivity contribution in [2.75, 3.05) is 20.2 Å². The first-order valence-corrected chi connectivity index (χ1v) is 9.81. The van der Waals surface area contributed by atoms with Crippen molar-refractivity contribution in [2.24, 2.45) is 0 Å². The highest BCUT2D eigenvalue weighted by Crippen LogP contribution is 2.37. The van der Waals surface area contributed by atoms with Crippen LogP contribution in [0.15, 0.2) is 46.9 Å². The maximum atomic E-state index is 12.7. The van der Waals surface area contributed by atoms with Crippen LogP contribution in [0.25, 0.3) is 22.6 Å². The van der Waals surface area contributed by atoms with Crippen LogP contribution < -0.4 is 0 Å². The lowest BCUT2D eigenvalue weighted by atomic mass is 10.0. The number of hydrogen-bond donors (Lipinski definition) is 0. The van der Waals surface area contributed by atoms with Crippen LogP contribution in [0.3, 0.4) is 0 Å². The molecule has 3 aromatic rings. The zero-order valence-corrected chi connectivity index (χ0v) is 18.0. The summed E-state index contributed by atoms with van der Waals surface area (Å²) >= 11 is 6.48. The second-order valence-electron chi connectivity index (χ2n) is 6.98. The molecule has 4 rings (SSSR count). The molecular weight excluding hydrogens is 409 g/mol. The quantitative estimate of drug-likeness (QED) is 0.398. The molecule has 0 bridgehead atoms. The molecule has 0 saturated carbocycles. The molecule has 0 radical (unpaired) electrons. The smallest absolute Gasteiger partial charge is 0.338 e. The summed E-state index contributed by atoms with van der Waals surface area (Å²) in [6.07, 6.45) is 2.67. The maximum Gasteiger partial charge on any atom is 0.338 e. The summed E-state index contributed by atoms with van der Waals surface area (Å²) in [7, 11) is 2.08. The summed E-state index contributed by atoms with van der Waals surface area (Å²) in [5.74, 6) is 0.320. The Balaban J connectivity index is 0.00000240. The van der Waals surface area contributed by atoms with Crippen molar-refractivity contribution in [2.45, 2.75) is 19.9 Å². The molecule has 152 valence electrons. The van der Waals surface area contributed by atoms with Crippen LogP contribution >= 0.6 is 24.0 Å². The van der Waals surface area contributed by atoms with Gasteiger partial charge in [0.1, 0.15) is 11.3 Å². The van der Waals surface area contributed by atoms with Crippen LogP contribution in [0.2, 0.25) is 5.02 Å². The standard InChI is InChI=1S/C23H22ClNO3.ClH/c1-3-27-23(26)17(15-7-5-4-6-8-15)13-21-18-14-25(2)12-11-16-19(24)9-10-20(28-21)22(16)18;/h4-10,13H,3,11-12,14H2,1-2H3;1H/b17-13+;. The Kier molecular flexibility index (Phi) is 6.68. The maximum absolute atomic E-state index is 12.7. The number of esters is 1. The van der Waals surface area contributed by atoms with E-state index in [-0.39, 0.29) is 18.4 Å². The number of benzene rings is 2. The molecule has 0 unspecified atom stereocenters. The van der Waals surface area contributed by atoms with E-state index in [2.05, 4.69) is 11.9 Å². The highest BCUT2D eigenvalue weighted by molar-refractivity contribution is 6.32. The van der Waals surface area contributed by atoms with Gasteiger partial charge >= 0.3 is 5.97 Å².